The van der Waals surface area contributed by atoms with Gasteiger partial charge in [0.15, 0.2) is 0 Å². The largest absolute Gasteiger partial charge is 0.384 e. The van der Waals surface area contributed by atoms with Gasteiger partial charge in [-0.05, 0) is 18.2 Å². The van der Waals surface area contributed by atoms with Crippen LogP contribution in [-0.2, 0) is 0 Å². The van der Waals surface area contributed by atoms with Crippen LogP contribution in [0.3, 0.4) is 0 Å². The van der Waals surface area contributed by atoms with Crippen LogP contribution in [-0.4, -0.2) is 31.1 Å². The van der Waals surface area contributed by atoms with E-state index in [1.165, 1.54) is 6.08 Å². The number of rotatable bonds is 3. The highest BCUT2D eigenvalue weighted by molar-refractivity contribution is 6.33. The summed E-state index contributed by atoms with van der Waals surface area (Å²) in [7, 11) is 0. The van der Waals surface area contributed by atoms with Crippen molar-refractivity contribution in [2.45, 2.75) is 0 Å². The molecular formula is C17H15ClN6. The Balaban J connectivity index is 2.14. The van der Waals surface area contributed by atoms with E-state index in [-0.39, 0.29) is 17.0 Å². The number of halogens is 1. The number of hydrogen-bond acceptors (Lipinski definition) is 6. The summed E-state index contributed by atoms with van der Waals surface area (Å²) in [6.45, 7) is 2.64. The summed E-state index contributed by atoms with van der Waals surface area (Å²) >= 11 is 6.22. The number of piperazine rings is 1. The van der Waals surface area contributed by atoms with E-state index in [2.05, 4.69) is 4.90 Å². The minimum atomic E-state index is -0.149. The number of nitrogens with two attached hydrogens (primary N) is 1. The van der Waals surface area contributed by atoms with Crippen LogP contribution in [0.25, 0.3) is 0 Å². The van der Waals surface area contributed by atoms with Crippen molar-refractivity contribution in [3.63, 3.8) is 0 Å². The zero-order chi connectivity index (χ0) is 17.5. The highest BCUT2D eigenvalue weighted by atomic mass is 35.5. The molecule has 0 aliphatic carbocycles. The van der Waals surface area contributed by atoms with E-state index in [1.54, 1.807) is 12.1 Å². The molecule has 1 aromatic carbocycles. The lowest BCUT2D eigenvalue weighted by atomic mass is 10.1. The van der Waals surface area contributed by atoms with Crippen LogP contribution in [0, 0.1) is 34.0 Å². The molecule has 1 aliphatic rings. The molecule has 1 aromatic rings. The minimum absolute atomic E-state index is 0.124. The molecular weight excluding hydrogens is 324 g/mol. The first kappa shape index (κ1) is 17.2. The molecule has 0 aromatic heterocycles. The molecule has 0 unspecified atom stereocenters. The summed E-state index contributed by atoms with van der Waals surface area (Å²) in [6, 6.07) is 13.0. The third-order valence-corrected chi connectivity index (χ3v) is 4.06. The fourth-order valence-corrected chi connectivity index (χ4v) is 2.72. The number of nitriles is 3. The standard InChI is InChI=1S/C17H15ClN6/c18-15-3-1-2-4-16(15)23-5-7-24(8-6-23)17(22)14(12-21)9-13(10-19)11-20/h1-4,9H,5-8,22H2/b17-14-. The number of benzene rings is 1. The molecule has 0 radical (unpaired) electrons. The second-order valence-electron chi connectivity index (χ2n) is 5.12. The average Bonchev–Trinajstić information content (AvgIpc) is 2.63. The maximum atomic E-state index is 9.23. The lowest BCUT2D eigenvalue weighted by Gasteiger charge is -2.37. The Morgan fingerprint density at radius 3 is 2.21 bits per heavy atom. The molecule has 120 valence electrons. The second-order valence-corrected chi connectivity index (χ2v) is 5.53. The quantitative estimate of drug-likeness (QED) is 0.668. The Morgan fingerprint density at radius 1 is 1.04 bits per heavy atom. The number of anilines is 1. The summed E-state index contributed by atoms with van der Waals surface area (Å²) in [6.07, 6.45) is 1.22. The van der Waals surface area contributed by atoms with Crippen LogP contribution in [0.15, 0.2) is 47.3 Å². The first-order valence-electron chi connectivity index (χ1n) is 7.27. The van der Waals surface area contributed by atoms with Gasteiger partial charge in [-0.2, -0.15) is 15.8 Å². The molecule has 0 amide bonds. The lowest BCUT2D eigenvalue weighted by molar-refractivity contribution is 0.317. The fourth-order valence-electron chi connectivity index (χ4n) is 2.46. The Kier molecular flexibility index (Phi) is 5.68. The van der Waals surface area contributed by atoms with Gasteiger partial charge in [0.05, 0.1) is 16.3 Å². The Morgan fingerprint density at radius 2 is 1.67 bits per heavy atom. The number of para-hydroxylation sites is 1. The van der Waals surface area contributed by atoms with Crippen molar-refractivity contribution in [2.24, 2.45) is 5.73 Å². The van der Waals surface area contributed by atoms with E-state index in [1.807, 2.05) is 35.2 Å². The summed E-state index contributed by atoms with van der Waals surface area (Å²) in [5, 5.41) is 27.5. The van der Waals surface area contributed by atoms with Gasteiger partial charge in [0.25, 0.3) is 0 Å². The molecule has 6 nitrogen and oxygen atoms in total. The van der Waals surface area contributed by atoms with Crippen molar-refractivity contribution in [2.75, 3.05) is 31.1 Å². The van der Waals surface area contributed by atoms with Gasteiger partial charge in [0.1, 0.15) is 29.6 Å². The molecule has 1 saturated heterocycles. The van der Waals surface area contributed by atoms with E-state index in [9.17, 15) is 5.26 Å². The zero-order valence-electron chi connectivity index (χ0n) is 12.9. The molecule has 1 heterocycles. The molecule has 2 rings (SSSR count). The van der Waals surface area contributed by atoms with Crippen LogP contribution in [0.1, 0.15) is 0 Å². The molecule has 0 saturated carbocycles. The van der Waals surface area contributed by atoms with Gasteiger partial charge >= 0.3 is 0 Å². The number of hydrogen-bond donors (Lipinski definition) is 1. The van der Waals surface area contributed by atoms with Crippen molar-refractivity contribution in [1.82, 2.24) is 4.90 Å². The molecule has 2 N–H and O–H groups in total. The second kappa shape index (κ2) is 7.92. The molecule has 1 fully saturated rings. The van der Waals surface area contributed by atoms with Gasteiger partial charge in [-0.3, -0.25) is 0 Å². The topological polar surface area (TPSA) is 104 Å². The van der Waals surface area contributed by atoms with Crippen LogP contribution >= 0.6 is 11.6 Å². The van der Waals surface area contributed by atoms with Crippen molar-refractivity contribution < 1.29 is 0 Å². The number of nitrogens with zero attached hydrogens (tertiary/aromatic N) is 5. The van der Waals surface area contributed by atoms with E-state index < -0.39 is 0 Å². The summed E-state index contributed by atoms with van der Waals surface area (Å²) < 4.78 is 0. The van der Waals surface area contributed by atoms with Crippen molar-refractivity contribution in [3.05, 3.63) is 52.3 Å². The van der Waals surface area contributed by atoms with Crippen molar-refractivity contribution >= 4 is 17.3 Å². The normalized spacial score (nSPS) is 14.8. The van der Waals surface area contributed by atoms with E-state index in [0.717, 1.165) is 5.69 Å². The summed E-state index contributed by atoms with van der Waals surface area (Å²) in [4.78, 5) is 4.03. The van der Waals surface area contributed by atoms with Crippen LogP contribution in [0.5, 0.6) is 0 Å². The zero-order valence-corrected chi connectivity index (χ0v) is 13.7. The fraction of sp³-hybridized carbons (Fsp3) is 0.235. The molecule has 0 bridgehead atoms. The SMILES string of the molecule is N#CC(C#N)=C/C(C#N)=C(\N)N1CCN(c2ccccc2Cl)CC1. The molecule has 0 spiro atoms. The summed E-state index contributed by atoms with van der Waals surface area (Å²) in [5.74, 6) is 0.277. The Hall–Kier alpha value is -3.14. The maximum Gasteiger partial charge on any atom is 0.131 e. The monoisotopic (exact) mass is 338 g/mol. The highest BCUT2D eigenvalue weighted by Gasteiger charge is 2.20. The van der Waals surface area contributed by atoms with Crippen LogP contribution in [0.2, 0.25) is 5.02 Å². The predicted molar refractivity (Wildman–Crippen MR) is 91.4 cm³/mol. The van der Waals surface area contributed by atoms with Crippen LogP contribution in [0.4, 0.5) is 5.69 Å². The van der Waals surface area contributed by atoms with Crippen LogP contribution < -0.4 is 10.6 Å². The van der Waals surface area contributed by atoms with Gasteiger partial charge in [-0.15, -0.1) is 0 Å². The van der Waals surface area contributed by atoms with Gasteiger partial charge in [-0.25, -0.2) is 0 Å². The third-order valence-electron chi connectivity index (χ3n) is 3.74. The smallest absolute Gasteiger partial charge is 0.131 e. The average molecular weight is 339 g/mol. The molecule has 1 aliphatic heterocycles. The lowest BCUT2D eigenvalue weighted by Crippen LogP contribution is -2.47. The highest BCUT2D eigenvalue weighted by Crippen LogP contribution is 2.26. The van der Waals surface area contributed by atoms with Gasteiger partial charge in [-0.1, -0.05) is 23.7 Å². The Labute approximate surface area is 145 Å². The molecule has 24 heavy (non-hydrogen) atoms. The predicted octanol–water partition coefficient (Wildman–Crippen LogP) is 2.13. The molecule has 0 atom stereocenters. The van der Waals surface area contributed by atoms with Gasteiger partial charge in [0, 0.05) is 26.2 Å². The van der Waals surface area contributed by atoms with Crippen molar-refractivity contribution in [3.8, 4) is 18.2 Å². The van der Waals surface area contributed by atoms with E-state index in [4.69, 9.17) is 27.9 Å². The first-order valence-corrected chi connectivity index (χ1v) is 7.64. The third kappa shape index (κ3) is 3.79. The summed E-state index contributed by atoms with van der Waals surface area (Å²) in [5.41, 5.74) is 7.00. The van der Waals surface area contributed by atoms with E-state index in [0.29, 0.717) is 31.2 Å². The number of allylic oxidation sites excluding steroid dienone is 3. The molecule has 7 heteroatoms. The van der Waals surface area contributed by atoms with E-state index >= 15 is 0 Å². The van der Waals surface area contributed by atoms with Gasteiger partial charge < -0.3 is 15.5 Å². The van der Waals surface area contributed by atoms with Crippen molar-refractivity contribution in [1.29, 1.82) is 15.8 Å². The Bertz CT molecular complexity index is 782. The van der Waals surface area contributed by atoms with Gasteiger partial charge in [0.2, 0.25) is 0 Å². The minimum Gasteiger partial charge on any atom is -0.384 e. The maximum absolute atomic E-state index is 9.23. The first-order chi connectivity index (χ1) is 11.6.